The Labute approximate surface area is 144 Å². The molecule has 0 aliphatic heterocycles. The first-order chi connectivity index (χ1) is 11.1. The molecule has 23 heavy (non-hydrogen) atoms. The molecule has 0 saturated carbocycles. The Kier molecular flexibility index (Phi) is 4.99. The minimum Gasteiger partial charge on any atom is -0.321 e. The molecule has 122 valence electrons. The van der Waals surface area contributed by atoms with Crippen LogP contribution in [-0.4, -0.2) is 19.8 Å². The maximum atomic E-state index is 6.28. The van der Waals surface area contributed by atoms with Crippen LogP contribution in [0.3, 0.4) is 0 Å². The maximum Gasteiger partial charge on any atom is 0.235 e. The molecule has 5 nitrogen and oxygen atoms in total. The molecule has 2 aromatic heterocycles. The summed E-state index contributed by atoms with van der Waals surface area (Å²) in [4.78, 5) is 0.811. The molecular weight excluding hydrogens is 326 g/mol. The molecule has 2 unspecified atom stereocenters. The second-order valence-electron chi connectivity index (χ2n) is 5.81. The first-order valence-corrected chi connectivity index (χ1v) is 9.54. The van der Waals surface area contributed by atoms with Gasteiger partial charge in [0.25, 0.3) is 0 Å². The van der Waals surface area contributed by atoms with Crippen LogP contribution in [0.2, 0.25) is 0 Å². The van der Waals surface area contributed by atoms with Crippen LogP contribution in [0.4, 0.5) is 0 Å². The van der Waals surface area contributed by atoms with Gasteiger partial charge in [0.2, 0.25) is 4.96 Å². The Hall–Kier alpha value is -1.44. The lowest BCUT2D eigenvalue weighted by atomic mass is 10.00. The average molecular weight is 348 g/mol. The van der Waals surface area contributed by atoms with E-state index >= 15 is 0 Å². The average Bonchev–Trinajstić information content (AvgIpc) is 3.11. The van der Waals surface area contributed by atoms with Gasteiger partial charge in [0.15, 0.2) is 10.2 Å². The van der Waals surface area contributed by atoms with Crippen LogP contribution in [0.5, 0.6) is 0 Å². The third-order valence-corrected chi connectivity index (χ3v) is 6.10. The van der Waals surface area contributed by atoms with Gasteiger partial charge in [-0.15, -0.1) is 15.3 Å². The van der Waals surface area contributed by atoms with Gasteiger partial charge in [-0.25, -0.2) is 0 Å². The summed E-state index contributed by atoms with van der Waals surface area (Å²) in [6, 6.07) is 8.42. The Bertz CT molecular complexity index is 795. The monoisotopic (exact) mass is 347 g/mol. The summed E-state index contributed by atoms with van der Waals surface area (Å²) in [5.74, 6) is 2.01. The number of benzene rings is 1. The third kappa shape index (κ3) is 3.57. The molecule has 0 radical (unpaired) electrons. The van der Waals surface area contributed by atoms with Crippen molar-refractivity contribution in [3.63, 3.8) is 0 Å². The highest BCUT2D eigenvalue weighted by atomic mass is 32.2. The Morgan fingerprint density at radius 2 is 2.17 bits per heavy atom. The number of nitrogens with zero attached hydrogens (tertiary/aromatic N) is 4. The molecule has 0 spiro atoms. The van der Waals surface area contributed by atoms with E-state index in [1.165, 1.54) is 11.1 Å². The SMILES string of the molecule is CCC(C)C(N)c1nnc2sc(SCc3cccc(C)c3)nn12. The van der Waals surface area contributed by atoms with Crippen molar-refractivity contribution >= 4 is 28.1 Å². The van der Waals surface area contributed by atoms with Crippen molar-refractivity contribution in [3.8, 4) is 0 Å². The van der Waals surface area contributed by atoms with E-state index < -0.39 is 0 Å². The summed E-state index contributed by atoms with van der Waals surface area (Å²) in [5, 5.41) is 13.1. The molecule has 0 saturated heterocycles. The molecule has 3 aromatic rings. The summed E-state index contributed by atoms with van der Waals surface area (Å²) < 4.78 is 2.80. The zero-order chi connectivity index (χ0) is 16.4. The second-order valence-corrected chi connectivity index (χ2v) is 7.99. The summed E-state index contributed by atoms with van der Waals surface area (Å²) in [7, 11) is 0. The van der Waals surface area contributed by atoms with E-state index in [0.29, 0.717) is 5.92 Å². The zero-order valence-electron chi connectivity index (χ0n) is 13.6. The number of aryl methyl sites for hydroxylation is 1. The summed E-state index contributed by atoms with van der Waals surface area (Å²) >= 11 is 3.29. The van der Waals surface area contributed by atoms with Gasteiger partial charge in [0.1, 0.15) is 0 Å². The van der Waals surface area contributed by atoms with Crippen LogP contribution in [-0.2, 0) is 5.75 Å². The van der Waals surface area contributed by atoms with Crippen molar-refractivity contribution in [3.05, 3.63) is 41.2 Å². The van der Waals surface area contributed by atoms with Crippen molar-refractivity contribution in [2.24, 2.45) is 11.7 Å². The minimum atomic E-state index is -0.133. The summed E-state index contributed by atoms with van der Waals surface area (Å²) in [6.07, 6.45) is 1.01. The molecule has 0 amide bonds. The number of hydrogen-bond donors (Lipinski definition) is 1. The fraction of sp³-hybridized carbons (Fsp3) is 0.438. The van der Waals surface area contributed by atoms with E-state index in [-0.39, 0.29) is 6.04 Å². The van der Waals surface area contributed by atoms with Crippen molar-refractivity contribution in [1.82, 2.24) is 19.8 Å². The molecule has 2 N–H and O–H groups in total. The molecule has 1 aromatic carbocycles. The highest BCUT2D eigenvalue weighted by Crippen LogP contribution is 2.29. The quantitative estimate of drug-likeness (QED) is 0.686. The number of rotatable bonds is 6. The van der Waals surface area contributed by atoms with Crippen molar-refractivity contribution in [2.75, 3.05) is 0 Å². The number of nitrogens with two attached hydrogens (primary N) is 1. The van der Waals surface area contributed by atoms with Gasteiger partial charge < -0.3 is 5.73 Å². The molecular formula is C16H21N5S2. The fourth-order valence-electron chi connectivity index (χ4n) is 2.34. The van der Waals surface area contributed by atoms with Gasteiger partial charge >= 0.3 is 0 Å². The van der Waals surface area contributed by atoms with Gasteiger partial charge in [0.05, 0.1) is 6.04 Å². The Morgan fingerprint density at radius 3 is 2.91 bits per heavy atom. The van der Waals surface area contributed by atoms with E-state index in [1.54, 1.807) is 27.6 Å². The smallest absolute Gasteiger partial charge is 0.235 e. The molecule has 0 bridgehead atoms. The van der Waals surface area contributed by atoms with Crippen LogP contribution >= 0.6 is 23.1 Å². The minimum absolute atomic E-state index is 0.133. The summed E-state index contributed by atoms with van der Waals surface area (Å²) in [5.41, 5.74) is 8.87. The lowest BCUT2D eigenvalue weighted by Crippen LogP contribution is -2.21. The van der Waals surface area contributed by atoms with E-state index in [1.807, 2.05) is 0 Å². The van der Waals surface area contributed by atoms with Crippen LogP contribution in [0.25, 0.3) is 4.96 Å². The van der Waals surface area contributed by atoms with Gasteiger partial charge in [-0.1, -0.05) is 73.2 Å². The normalized spacial score (nSPS) is 14.3. The molecule has 0 aliphatic rings. The van der Waals surface area contributed by atoms with E-state index in [4.69, 9.17) is 5.73 Å². The van der Waals surface area contributed by atoms with Gasteiger partial charge in [-0.2, -0.15) is 4.52 Å². The molecule has 2 atom stereocenters. The maximum absolute atomic E-state index is 6.28. The predicted molar refractivity (Wildman–Crippen MR) is 95.8 cm³/mol. The first-order valence-electron chi connectivity index (χ1n) is 7.74. The molecule has 3 rings (SSSR count). The highest BCUT2D eigenvalue weighted by molar-refractivity contribution is 8.00. The van der Waals surface area contributed by atoms with E-state index in [0.717, 1.165) is 27.3 Å². The van der Waals surface area contributed by atoms with E-state index in [9.17, 15) is 0 Å². The van der Waals surface area contributed by atoms with E-state index in [2.05, 4.69) is 60.3 Å². The van der Waals surface area contributed by atoms with Gasteiger partial charge in [-0.3, -0.25) is 0 Å². The predicted octanol–water partition coefficient (Wildman–Crippen LogP) is 3.83. The first kappa shape index (κ1) is 16.4. The Morgan fingerprint density at radius 1 is 1.35 bits per heavy atom. The van der Waals surface area contributed by atoms with Crippen molar-refractivity contribution in [1.29, 1.82) is 0 Å². The second kappa shape index (κ2) is 6.98. The number of aromatic nitrogens is 4. The standard InChI is InChI=1S/C16H21N5S2/c1-4-11(3)13(17)14-18-19-15-21(14)20-16(23-15)22-9-12-7-5-6-10(2)8-12/h5-8,11,13H,4,9,17H2,1-3H3. The van der Waals surface area contributed by atoms with Gasteiger partial charge in [0, 0.05) is 5.75 Å². The largest absolute Gasteiger partial charge is 0.321 e. The van der Waals surface area contributed by atoms with Crippen LogP contribution in [0, 0.1) is 12.8 Å². The number of fused-ring (bicyclic) bond motifs is 1. The fourth-order valence-corrected chi connectivity index (χ4v) is 4.16. The third-order valence-electron chi connectivity index (χ3n) is 4.00. The van der Waals surface area contributed by atoms with Crippen LogP contribution in [0.1, 0.15) is 43.3 Å². The lowest BCUT2D eigenvalue weighted by molar-refractivity contribution is 0.431. The lowest BCUT2D eigenvalue weighted by Gasteiger charge is -2.15. The number of thioether (sulfide) groups is 1. The molecule has 2 heterocycles. The van der Waals surface area contributed by atoms with Gasteiger partial charge in [-0.05, 0) is 18.4 Å². The molecule has 7 heteroatoms. The Balaban J connectivity index is 1.77. The topological polar surface area (TPSA) is 69.1 Å². The molecule has 0 fully saturated rings. The van der Waals surface area contributed by atoms with Crippen molar-refractivity contribution in [2.45, 2.75) is 43.3 Å². The van der Waals surface area contributed by atoms with Crippen LogP contribution in [0.15, 0.2) is 28.6 Å². The summed E-state index contributed by atoms with van der Waals surface area (Å²) in [6.45, 7) is 6.37. The molecule has 0 aliphatic carbocycles. The highest BCUT2D eigenvalue weighted by Gasteiger charge is 2.21. The number of hydrogen-bond acceptors (Lipinski definition) is 6. The van der Waals surface area contributed by atoms with Crippen molar-refractivity contribution < 1.29 is 0 Å². The zero-order valence-corrected chi connectivity index (χ0v) is 15.2. The van der Waals surface area contributed by atoms with Crippen LogP contribution < -0.4 is 5.73 Å².